The smallest absolute Gasteiger partial charge is 0.262 e. The molecule has 0 bridgehead atoms. The lowest BCUT2D eigenvalue weighted by Crippen LogP contribution is -2.54. The second-order valence-electron chi connectivity index (χ2n) is 14.4. The first kappa shape index (κ1) is 37.3. The zero-order valence-electron chi connectivity index (χ0n) is 31.3. The number of imidazole rings is 1. The number of piperidine rings is 1. The van der Waals surface area contributed by atoms with Crippen molar-refractivity contribution in [2.75, 3.05) is 56.0 Å². The summed E-state index contributed by atoms with van der Waals surface area (Å²) in [6.45, 7) is 7.30. The van der Waals surface area contributed by atoms with Crippen molar-refractivity contribution in [3.63, 3.8) is 0 Å². The van der Waals surface area contributed by atoms with E-state index in [1.807, 2.05) is 43.3 Å². The van der Waals surface area contributed by atoms with Crippen LogP contribution in [-0.4, -0.2) is 112 Å². The van der Waals surface area contributed by atoms with Crippen LogP contribution in [0.15, 0.2) is 60.7 Å². The largest absolute Gasteiger partial charge is 0.374 e. The number of benzene rings is 3. The van der Waals surface area contributed by atoms with E-state index >= 15 is 0 Å². The quantitative estimate of drug-likeness (QED) is 0.0979. The van der Waals surface area contributed by atoms with Crippen molar-refractivity contribution in [3.8, 4) is 22.6 Å². The minimum Gasteiger partial charge on any atom is -0.374 e. The van der Waals surface area contributed by atoms with Crippen LogP contribution in [0.5, 0.6) is 0 Å². The summed E-state index contributed by atoms with van der Waals surface area (Å²) < 4.78 is 15.0. The molecule has 5 heterocycles. The highest BCUT2D eigenvalue weighted by atomic mass is 19.1. The predicted octanol–water partition coefficient (Wildman–Crippen LogP) is 3.63. The maximum atomic E-state index is 15.0. The van der Waals surface area contributed by atoms with Gasteiger partial charge in [-0.15, -0.1) is 0 Å². The second kappa shape index (κ2) is 15.1. The Balaban J connectivity index is 0.832. The molecule has 2 fully saturated rings. The number of fused-ring (bicyclic) bond motifs is 2. The van der Waals surface area contributed by atoms with Gasteiger partial charge in [0.2, 0.25) is 17.7 Å². The van der Waals surface area contributed by atoms with Crippen LogP contribution < -0.4 is 20.9 Å². The molecule has 15 nitrogen and oxygen atoms in total. The van der Waals surface area contributed by atoms with Crippen LogP contribution >= 0.6 is 0 Å². The molecule has 292 valence electrons. The number of H-pyrrole nitrogens is 2. The first-order valence-corrected chi connectivity index (χ1v) is 18.8. The number of hydrogen-bond donors (Lipinski definition) is 5. The number of hydrogen-bond acceptors (Lipinski definition) is 10. The van der Waals surface area contributed by atoms with Crippen LogP contribution in [-0.2, 0) is 14.4 Å². The van der Waals surface area contributed by atoms with Gasteiger partial charge in [-0.2, -0.15) is 0 Å². The molecule has 5 N–H and O–H groups in total. The SMILES string of the molecule is CC(=O)c1c(C)[nH]c(-c2nc3ccc(N4CCN(CCNC(=O)CNc5cc6c(cc5F)C(=O)N(C5CCC(=O)NC5=O)C6=O)CC4)cc3[nH]2)c1-c1ccccc1. The van der Waals surface area contributed by atoms with Crippen LogP contribution in [0.2, 0.25) is 0 Å². The van der Waals surface area contributed by atoms with Crippen molar-refractivity contribution in [1.29, 1.82) is 0 Å². The molecule has 2 saturated heterocycles. The summed E-state index contributed by atoms with van der Waals surface area (Å²) in [5, 5.41) is 7.67. The summed E-state index contributed by atoms with van der Waals surface area (Å²) in [4.78, 5) is 92.3. The lowest BCUT2D eigenvalue weighted by molar-refractivity contribution is -0.136. The standard InChI is InChI=1S/C41H40FN9O6/c1-22-35(23(2)52)36(24-6-4-3-5-7-24)37(45-22)38-46-29-9-8-25(18-31(29)47-38)50-16-14-49(15-17-50)13-12-43-34(54)21-44-30-20-27-26(19-28(30)42)40(56)51(41(27)57)32-10-11-33(53)48-39(32)55/h3-9,18-20,32,44-45H,10-17,21H2,1-2H3,(H,43,54)(H,46,47)(H,48,53,55). The van der Waals surface area contributed by atoms with E-state index < -0.39 is 35.5 Å². The normalized spacial score (nSPS) is 17.3. The molecule has 3 aliphatic rings. The monoisotopic (exact) mass is 773 g/mol. The number of imide groups is 2. The molecule has 5 amide bonds. The van der Waals surface area contributed by atoms with Crippen LogP contribution in [0.25, 0.3) is 33.7 Å². The molecular formula is C41H40FN9O6. The third-order valence-corrected chi connectivity index (χ3v) is 10.8. The molecule has 0 saturated carbocycles. The second-order valence-corrected chi connectivity index (χ2v) is 14.4. The molecule has 0 radical (unpaired) electrons. The number of aromatic amines is 2. The molecule has 57 heavy (non-hydrogen) atoms. The zero-order valence-corrected chi connectivity index (χ0v) is 31.3. The summed E-state index contributed by atoms with van der Waals surface area (Å²) in [7, 11) is 0. The summed E-state index contributed by atoms with van der Waals surface area (Å²) in [6, 6.07) is 16.9. The van der Waals surface area contributed by atoms with E-state index in [0.717, 1.165) is 76.4 Å². The fourth-order valence-electron chi connectivity index (χ4n) is 7.90. The number of ketones is 1. The fourth-order valence-corrected chi connectivity index (χ4v) is 7.90. The Morgan fingerprint density at radius 1 is 0.930 bits per heavy atom. The lowest BCUT2D eigenvalue weighted by Gasteiger charge is -2.36. The van der Waals surface area contributed by atoms with Crippen molar-refractivity contribution < 1.29 is 33.2 Å². The van der Waals surface area contributed by atoms with Gasteiger partial charge in [-0.1, -0.05) is 30.3 Å². The third kappa shape index (κ3) is 7.15. The summed E-state index contributed by atoms with van der Waals surface area (Å²) in [6.07, 6.45) is -0.0418. The van der Waals surface area contributed by atoms with Gasteiger partial charge in [0.25, 0.3) is 11.8 Å². The molecule has 0 spiro atoms. The van der Waals surface area contributed by atoms with Crippen molar-refractivity contribution in [2.24, 2.45) is 0 Å². The topological polar surface area (TPSA) is 193 Å². The Kier molecular flexibility index (Phi) is 9.87. The van der Waals surface area contributed by atoms with Gasteiger partial charge in [0.1, 0.15) is 11.9 Å². The Bertz CT molecular complexity index is 2470. The summed E-state index contributed by atoms with van der Waals surface area (Å²) in [5.74, 6) is -3.39. The number of carbonyl (C=O) groups is 6. The maximum Gasteiger partial charge on any atom is 0.262 e. The van der Waals surface area contributed by atoms with Gasteiger partial charge in [0, 0.05) is 68.2 Å². The highest BCUT2D eigenvalue weighted by molar-refractivity contribution is 6.23. The van der Waals surface area contributed by atoms with Gasteiger partial charge in [0.05, 0.1) is 40.1 Å². The van der Waals surface area contributed by atoms with Crippen LogP contribution in [0, 0.1) is 12.7 Å². The van der Waals surface area contributed by atoms with E-state index in [1.165, 1.54) is 6.07 Å². The van der Waals surface area contributed by atoms with Gasteiger partial charge < -0.3 is 25.5 Å². The molecule has 1 atom stereocenters. The highest BCUT2D eigenvalue weighted by Gasteiger charge is 2.45. The average molecular weight is 774 g/mol. The molecule has 3 aliphatic heterocycles. The number of carbonyl (C=O) groups excluding carboxylic acids is 6. The minimum atomic E-state index is -1.16. The minimum absolute atomic E-state index is 0.0134. The van der Waals surface area contributed by atoms with E-state index in [9.17, 15) is 33.2 Å². The van der Waals surface area contributed by atoms with Crippen LogP contribution in [0.1, 0.15) is 56.5 Å². The van der Waals surface area contributed by atoms with Crippen LogP contribution in [0.4, 0.5) is 15.8 Å². The Hall–Kier alpha value is -6.68. The zero-order chi connectivity index (χ0) is 40.0. The van der Waals surface area contributed by atoms with E-state index in [1.54, 1.807) is 6.92 Å². The molecule has 2 aromatic heterocycles. The molecular weight excluding hydrogens is 734 g/mol. The molecule has 16 heteroatoms. The molecule has 3 aromatic carbocycles. The molecule has 1 unspecified atom stereocenters. The molecule has 0 aliphatic carbocycles. The number of amides is 5. The number of piperazine rings is 1. The van der Waals surface area contributed by atoms with Gasteiger partial charge in [-0.25, -0.2) is 9.37 Å². The number of nitrogens with one attached hydrogen (secondary N) is 5. The number of aromatic nitrogens is 3. The first-order valence-electron chi connectivity index (χ1n) is 18.8. The average Bonchev–Trinajstić information content (AvgIpc) is 3.85. The van der Waals surface area contributed by atoms with Crippen molar-refractivity contribution in [2.45, 2.75) is 32.7 Å². The maximum absolute atomic E-state index is 15.0. The molecule has 5 aromatic rings. The van der Waals surface area contributed by atoms with E-state index in [2.05, 4.69) is 47.9 Å². The summed E-state index contributed by atoms with van der Waals surface area (Å²) >= 11 is 0. The number of nitrogens with zero attached hydrogens (tertiary/aromatic N) is 4. The number of rotatable bonds is 11. The van der Waals surface area contributed by atoms with Gasteiger partial charge in [-0.3, -0.25) is 43.9 Å². The Morgan fingerprint density at radius 3 is 2.39 bits per heavy atom. The van der Waals surface area contributed by atoms with Crippen LogP contribution in [0.3, 0.4) is 0 Å². The lowest BCUT2D eigenvalue weighted by atomic mass is 9.98. The number of halogens is 1. The van der Waals surface area contributed by atoms with Gasteiger partial charge in [0.15, 0.2) is 11.6 Å². The Labute approximate surface area is 326 Å². The van der Waals surface area contributed by atoms with E-state index in [4.69, 9.17) is 4.98 Å². The number of anilines is 2. The van der Waals surface area contributed by atoms with E-state index in [0.29, 0.717) is 24.5 Å². The predicted molar refractivity (Wildman–Crippen MR) is 209 cm³/mol. The number of Topliss-reactive ketones (excluding diaryl/α,β-unsaturated/α-hetero) is 1. The van der Waals surface area contributed by atoms with Gasteiger partial charge >= 0.3 is 0 Å². The fraction of sp³-hybridized carbons (Fsp3) is 0.293. The third-order valence-electron chi connectivity index (χ3n) is 10.8. The summed E-state index contributed by atoms with van der Waals surface area (Å²) in [5.41, 5.74) is 6.32. The van der Waals surface area contributed by atoms with Crippen molar-refractivity contribution in [3.05, 3.63) is 88.9 Å². The van der Waals surface area contributed by atoms with Crippen molar-refractivity contribution >= 4 is 57.7 Å². The van der Waals surface area contributed by atoms with Crippen molar-refractivity contribution in [1.82, 2.24) is 35.4 Å². The Morgan fingerprint density at radius 2 is 1.67 bits per heavy atom. The van der Waals surface area contributed by atoms with E-state index in [-0.39, 0.29) is 47.9 Å². The molecule has 8 rings (SSSR count). The number of aryl methyl sites for hydroxylation is 1. The first-order chi connectivity index (χ1) is 27.5. The highest BCUT2D eigenvalue weighted by Crippen LogP contribution is 2.37. The van der Waals surface area contributed by atoms with Gasteiger partial charge in [-0.05, 0) is 56.2 Å².